The van der Waals surface area contributed by atoms with Gasteiger partial charge < -0.3 is 33.8 Å². The van der Waals surface area contributed by atoms with E-state index in [0.717, 1.165) is 108 Å². The van der Waals surface area contributed by atoms with Crippen LogP contribution in [0.5, 0.6) is 0 Å². The fraction of sp³-hybridized carbons (Fsp3) is 0.947. The third-order valence-corrected chi connectivity index (χ3v) is 20.0. The summed E-state index contributed by atoms with van der Waals surface area (Å²) in [5.41, 5.74) is 0. The molecule has 0 aliphatic heterocycles. The minimum Gasteiger partial charge on any atom is -0.462 e. The fourth-order valence-electron chi connectivity index (χ4n) is 11.6. The van der Waals surface area contributed by atoms with Crippen molar-refractivity contribution in [1.82, 2.24) is 0 Å². The maximum atomic E-state index is 13.1. The first-order valence-electron chi connectivity index (χ1n) is 39.5. The molecule has 0 fully saturated rings. The van der Waals surface area contributed by atoms with Crippen LogP contribution in [0.25, 0.3) is 0 Å². The van der Waals surface area contributed by atoms with Gasteiger partial charge >= 0.3 is 39.5 Å². The number of aliphatic hydroxyl groups is 1. The van der Waals surface area contributed by atoms with E-state index in [0.29, 0.717) is 25.7 Å². The standard InChI is InChI=1S/C76H148O17P2/c1-7-10-12-14-15-16-17-18-26-31-37-42-48-54-60-75(80)92-71(64-86-73(78)58-52-44-13-11-8-2)66-90-94(82,83)88-62-70(77)63-89-95(84,85)91-67-72(65-87-74(79)59-53-47-41-36-33-28-29-34-39-45-50-56-68(4)5)93-76(81)61-55-49-43-38-32-27-24-22-20-19-21-23-25-30-35-40-46-51-57-69(6)9-3/h68-72,77H,7-67H2,1-6H3,(H,82,83)(H,84,85)/t69?,70-,71+,72+/m0/s1. The van der Waals surface area contributed by atoms with Gasteiger partial charge in [0, 0.05) is 25.7 Å². The zero-order valence-electron chi connectivity index (χ0n) is 62.0. The van der Waals surface area contributed by atoms with E-state index in [-0.39, 0.29) is 25.7 Å². The van der Waals surface area contributed by atoms with E-state index in [2.05, 4.69) is 41.5 Å². The van der Waals surface area contributed by atoms with Crippen LogP contribution in [0.3, 0.4) is 0 Å². The number of phosphoric acid groups is 2. The van der Waals surface area contributed by atoms with Crippen LogP contribution in [0.1, 0.15) is 395 Å². The molecule has 6 atom stereocenters. The number of phosphoric ester groups is 2. The number of ether oxygens (including phenoxy) is 4. The van der Waals surface area contributed by atoms with Crippen LogP contribution in [0, 0.1) is 11.8 Å². The highest BCUT2D eigenvalue weighted by molar-refractivity contribution is 7.47. The second-order valence-corrected chi connectivity index (χ2v) is 31.0. The summed E-state index contributed by atoms with van der Waals surface area (Å²) in [4.78, 5) is 72.5. The Morgan fingerprint density at radius 1 is 0.305 bits per heavy atom. The summed E-state index contributed by atoms with van der Waals surface area (Å²) in [5, 5.41) is 10.6. The topological polar surface area (TPSA) is 237 Å². The van der Waals surface area contributed by atoms with Gasteiger partial charge in [-0.15, -0.1) is 0 Å². The Morgan fingerprint density at radius 2 is 0.537 bits per heavy atom. The molecule has 0 aliphatic carbocycles. The van der Waals surface area contributed by atoms with Crippen molar-refractivity contribution in [2.45, 2.75) is 413 Å². The van der Waals surface area contributed by atoms with Crippen molar-refractivity contribution in [2.75, 3.05) is 39.6 Å². The fourth-order valence-corrected chi connectivity index (χ4v) is 13.2. The van der Waals surface area contributed by atoms with E-state index in [1.165, 1.54) is 205 Å². The quantitative estimate of drug-likeness (QED) is 0.0222. The molecule has 95 heavy (non-hydrogen) atoms. The lowest BCUT2D eigenvalue weighted by molar-refractivity contribution is -0.161. The number of unbranched alkanes of at least 4 members (excludes halogenated alkanes) is 44. The zero-order chi connectivity index (χ0) is 70.0. The number of rotatable bonds is 75. The molecule has 0 saturated carbocycles. The highest BCUT2D eigenvalue weighted by Gasteiger charge is 2.30. The molecule has 0 aromatic heterocycles. The predicted octanol–water partition coefficient (Wildman–Crippen LogP) is 22.3. The second-order valence-electron chi connectivity index (χ2n) is 28.1. The largest absolute Gasteiger partial charge is 0.472 e. The Hall–Kier alpha value is -1.94. The molecule has 0 aliphatic rings. The molecule has 0 aromatic carbocycles. The minimum atomic E-state index is -4.95. The van der Waals surface area contributed by atoms with Crippen molar-refractivity contribution >= 4 is 39.5 Å². The lowest BCUT2D eigenvalue weighted by Crippen LogP contribution is -2.30. The molecular formula is C76H148O17P2. The maximum absolute atomic E-state index is 13.1. The van der Waals surface area contributed by atoms with Gasteiger partial charge in [0.1, 0.15) is 19.3 Å². The average molecular weight is 1400 g/mol. The molecule has 0 saturated heterocycles. The Kier molecular flexibility index (Phi) is 66.5. The first-order chi connectivity index (χ1) is 45.9. The molecule has 17 nitrogen and oxygen atoms in total. The van der Waals surface area contributed by atoms with Crippen molar-refractivity contribution < 1.29 is 80.2 Å². The Bertz CT molecular complexity index is 1840. The van der Waals surface area contributed by atoms with Crippen LogP contribution in [0.2, 0.25) is 0 Å². The summed E-state index contributed by atoms with van der Waals surface area (Å²) >= 11 is 0. The number of carbonyl (C=O) groups excluding carboxylic acids is 4. The molecule has 19 heteroatoms. The molecular weight excluding hydrogens is 1250 g/mol. The number of hydrogen-bond donors (Lipinski definition) is 3. The molecule has 0 spiro atoms. The average Bonchev–Trinajstić information content (AvgIpc) is 1.88. The van der Waals surface area contributed by atoms with Crippen LogP contribution in [-0.4, -0.2) is 96.7 Å². The van der Waals surface area contributed by atoms with Crippen LogP contribution < -0.4 is 0 Å². The molecule has 0 heterocycles. The zero-order valence-corrected chi connectivity index (χ0v) is 63.8. The summed E-state index contributed by atoms with van der Waals surface area (Å²) in [5.74, 6) is -0.485. The predicted molar refractivity (Wildman–Crippen MR) is 386 cm³/mol. The van der Waals surface area contributed by atoms with Gasteiger partial charge in [0.05, 0.1) is 26.4 Å². The molecule has 564 valence electrons. The van der Waals surface area contributed by atoms with E-state index >= 15 is 0 Å². The molecule has 0 aromatic rings. The van der Waals surface area contributed by atoms with E-state index in [1.807, 2.05) is 0 Å². The number of esters is 4. The van der Waals surface area contributed by atoms with Crippen molar-refractivity contribution in [3.8, 4) is 0 Å². The molecule has 0 radical (unpaired) electrons. The first-order valence-corrected chi connectivity index (χ1v) is 42.5. The molecule has 0 bridgehead atoms. The summed E-state index contributed by atoms with van der Waals surface area (Å²) in [6, 6.07) is 0. The van der Waals surface area contributed by atoms with Crippen LogP contribution >= 0.6 is 15.6 Å². The Labute approximate surface area is 581 Å². The van der Waals surface area contributed by atoms with Gasteiger partial charge in [-0.05, 0) is 37.5 Å². The smallest absolute Gasteiger partial charge is 0.462 e. The summed E-state index contributed by atoms with van der Waals surface area (Å²) in [7, 11) is -9.90. The van der Waals surface area contributed by atoms with Crippen LogP contribution in [-0.2, 0) is 65.4 Å². The van der Waals surface area contributed by atoms with E-state index in [4.69, 9.17) is 37.0 Å². The second kappa shape index (κ2) is 67.9. The van der Waals surface area contributed by atoms with Crippen molar-refractivity contribution in [2.24, 2.45) is 11.8 Å². The number of carbonyl (C=O) groups is 4. The van der Waals surface area contributed by atoms with Crippen molar-refractivity contribution in [3.05, 3.63) is 0 Å². The number of aliphatic hydroxyl groups excluding tert-OH is 1. The van der Waals surface area contributed by atoms with Gasteiger partial charge in [0.15, 0.2) is 12.2 Å². The monoisotopic (exact) mass is 1400 g/mol. The molecule has 0 rings (SSSR count). The summed E-state index contributed by atoms with van der Waals surface area (Å²) < 4.78 is 68.3. The minimum absolute atomic E-state index is 0.107. The maximum Gasteiger partial charge on any atom is 0.472 e. The lowest BCUT2D eigenvalue weighted by atomic mass is 9.99. The van der Waals surface area contributed by atoms with Gasteiger partial charge in [0.2, 0.25) is 0 Å². The molecule has 3 N–H and O–H groups in total. The summed E-state index contributed by atoms with van der Waals surface area (Å²) in [6.07, 6.45) is 55.9. The van der Waals surface area contributed by atoms with E-state index in [1.54, 1.807) is 0 Å². The van der Waals surface area contributed by atoms with Gasteiger partial charge in [-0.1, -0.05) is 343 Å². The third-order valence-electron chi connectivity index (χ3n) is 18.1. The van der Waals surface area contributed by atoms with E-state index in [9.17, 15) is 43.2 Å². The normalized spacial score (nSPS) is 14.3. The highest BCUT2D eigenvalue weighted by Crippen LogP contribution is 2.45. The number of hydrogen-bond acceptors (Lipinski definition) is 15. The van der Waals surface area contributed by atoms with Gasteiger partial charge in [0.25, 0.3) is 0 Å². The third kappa shape index (κ3) is 69.0. The van der Waals surface area contributed by atoms with Crippen molar-refractivity contribution in [3.63, 3.8) is 0 Å². The summed E-state index contributed by atoms with van der Waals surface area (Å²) in [6.45, 7) is 9.58. The van der Waals surface area contributed by atoms with Crippen LogP contribution in [0.15, 0.2) is 0 Å². The van der Waals surface area contributed by atoms with Gasteiger partial charge in [-0.3, -0.25) is 37.3 Å². The van der Waals surface area contributed by atoms with Gasteiger partial charge in [-0.25, -0.2) is 9.13 Å². The lowest BCUT2D eigenvalue weighted by Gasteiger charge is -2.21. The van der Waals surface area contributed by atoms with E-state index < -0.39 is 97.5 Å². The van der Waals surface area contributed by atoms with Crippen molar-refractivity contribution in [1.29, 1.82) is 0 Å². The van der Waals surface area contributed by atoms with Crippen LogP contribution in [0.4, 0.5) is 0 Å². The molecule has 0 amide bonds. The SMILES string of the molecule is CCCCCCCCCCCCCCCCC(=O)O[C@H](COC(=O)CCCCCCC)COP(=O)(O)OC[C@H](O)COP(=O)(O)OC[C@@H](COC(=O)CCCCCCCCCCCCCC(C)C)OC(=O)CCCCCCCCCCCCCCCCCCCCC(C)CC. The molecule has 3 unspecified atom stereocenters. The Balaban J connectivity index is 5.11. The Morgan fingerprint density at radius 3 is 0.800 bits per heavy atom. The van der Waals surface area contributed by atoms with Gasteiger partial charge in [-0.2, -0.15) is 0 Å². The highest BCUT2D eigenvalue weighted by atomic mass is 31.2. The first kappa shape index (κ1) is 93.1.